The van der Waals surface area contributed by atoms with Gasteiger partial charge in [0.1, 0.15) is 5.60 Å². The first-order valence-electron chi connectivity index (χ1n) is 3.13. The van der Waals surface area contributed by atoms with Gasteiger partial charge in [0.25, 0.3) is 0 Å². The zero-order valence-corrected chi connectivity index (χ0v) is 5.02. The first-order valence-corrected chi connectivity index (χ1v) is 3.13. The van der Waals surface area contributed by atoms with Crippen molar-refractivity contribution < 1.29 is 9.78 Å². The Morgan fingerprint density at radius 1 is 1.62 bits per heavy atom. The first kappa shape index (κ1) is 4.77. The molecule has 2 nitrogen and oxygen atoms in total. The minimum atomic E-state index is 0.0880. The molecular weight excluding hydrogens is 104 g/mol. The van der Waals surface area contributed by atoms with Crippen LogP contribution in [0.5, 0.6) is 0 Å². The Morgan fingerprint density at radius 2 is 2.50 bits per heavy atom. The van der Waals surface area contributed by atoms with Crippen LogP contribution in [0.25, 0.3) is 0 Å². The predicted molar refractivity (Wildman–Crippen MR) is 28.2 cm³/mol. The van der Waals surface area contributed by atoms with Gasteiger partial charge in [0.2, 0.25) is 0 Å². The van der Waals surface area contributed by atoms with Crippen LogP contribution in [-0.4, -0.2) is 11.7 Å². The number of hydrogen-bond donors (Lipinski definition) is 0. The average molecular weight is 114 g/mol. The lowest BCUT2D eigenvalue weighted by molar-refractivity contribution is -0.342. The van der Waals surface area contributed by atoms with E-state index in [0.717, 1.165) is 6.42 Å². The summed E-state index contributed by atoms with van der Waals surface area (Å²) in [6.07, 6.45) is 3.89. The van der Waals surface area contributed by atoms with Gasteiger partial charge in [-0.3, -0.25) is 0 Å². The van der Waals surface area contributed by atoms with Gasteiger partial charge in [-0.05, 0) is 19.8 Å². The van der Waals surface area contributed by atoms with Gasteiger partial charge in [-0.25, -0.2) is 9.78 Å². The molecule has 2 bridgehead atoms. The van der Waals surface area contributed by atoms with Gasteiger partial charge in [-0.2, -0.15) is 0 Å². The van der Waals surface area contributed by atoms with Crippen molar-refractivity contribution in [1.82, 2.24) is 0 Å². The van der Waals surface area contributed by atoms with E-state index in [1.165, 1.54) is 12.8 Å². The third-order valence-corrected chi connectivity index (χ3v) is 2.04. The zero-order chi connectivity index (χ0) is 5.61. The molecule has 0 amide bonds. The van der Waals surface area contributed by atoms with E-state index in [-0.39, 0.29) is 5.60 Å². The Kier molecular flexibility index (Phi) is 0.746. The van der Waals surface area contributed by atoms with E-state index in [9.17, 15) is 0 Å². The van der Waals surface area contributed by atoms with Gasteiger partial charge in [-0.1, -0.05) is 0 Å². The molecule has 0 aromatic rings. The lowest BCUT2D eigenvalue weighted by atomic mass is 10.1. The summed E-state index contributed by atoms with van der Waals surface area (Å²) in [7, 11) is 0. The van der Waals surface area contributed by atoms with E-state index in [4.69, 9.17) is 9.78 Å². The second kappa shape index (κ2) is 1.25. The summed E-state index contributed by atoms with van der Waals surface area (Å²) in [5.41, 5.74) is 0.0880. The third-order valence-electron chi connectivity index (χ3n) is 2.04. The molecule has 1 heterocycles. The molecule has 1 aliphatic carbocycles. The minimum absolute atomic E-state index is 0.0880. The SMILES string of the molecule is CC12CCC(C1)OO2. The van der Waals surface area contributed by atoms with E-state index in [2.05, 4.69) is 6.92 Å². The summed E-state index contributed by atoms with van der Waals surface area (Å²) < 4.78 is 0. The lowest BCUT2D eigenvalue weighted by Crippen LogP contribution is -2.20. The quantitative estimate of drug-likeness (QED) is 0.441. The molecule has 2 aliphatic rings. The van der Waals surface area contributed by atoms with Gasteiger partial charge in [0, 0.05) is 6.42 Å². The van der Waals surface area contributed by atoms with Crippen LogP contribution in [0.4, 0.5) is 0 Å². The molecule has 1 saturated heterocycles. The highest BCUT2D eigenvalue weighted by Gasteiger charge is 2.44. The maximum absolute atomic E-state index is 5.04. The van der Waals surface area contributed by atoms with E-state index < -0.39 is 0 Å². The van der Waals surface area contributed by atoms with Gasteiger partial charge < -0.3 is 0 Å². The van der Waals surface area contributed by atoms with Crippen molar-refractivity contribution in [2.75, 3.05) is 0 Å². The van der Waals surface area contributed by atoms with Crippen molar-refractivity contribution in [3.05, 3.63) is 0 Å². The molecule has 1 aliphatic heterocycles. The number of hydrogen-bond acceptors (Lipinski definition) is 2. The van der Waals surface area contributed by atoms with E-state index in [1.54, 1.807) is 0 Å². The van der Waals surface area contributed by atoms with Crippen molar-refractivity contribution in [3.63, 3.8) is 0 Å². The normalized spacial score (nSPS) is 52.9. The molecule has 2 rings (SSSR count). The topological polar surface area (TPSA) is 18.5 Å². The standard InChI is InChI=1S/C6H10O2/c1-6-3-2-5(4-6)7-8-6/h5H,2-4H2,1H3. The molecule has 0 aromatic carbocycles. The molecule has 0 spiro atoms. The molecule has 2 atom stereocenters. The van der Waals surface area contributed by atoms with Crippen LogP contribution in [-0.2, 0) is 9.78 Å². The lowest BCUT2D eigenvalue weighted by Gasteiger charge is -2.17. The third kappa shape index (κ3) is 0.501. The number of fused-ring (bicyclic) bond motifs is 2. The van der Waals surface area contributed by atoms with Gasteiger partial charge in [0.15, 0.2) is 0 Å². The van der Waals surface area contributed by atoms with Gasteiger partial charge in [0.05, 0.1) is 6.10 Å². The Hall–Kier alpha value is -0.0800. The molecule has 0 aromatic heterocycles. The molecule has 0 N–H and O–H groups in total. The fraction of sp³-hybridized carbons (Fsp3) is 1.00. The molecular formula is C6H10O2. The van der Waals surface area contributed by atoms with Gasteiger partial charge in [-0.15, -0.1) is 0 Å². The van der Waals surface area contributed by atoms with Crippen molar-refractivity contribution >= 4 is 0 Å². The van der Waals surface area contributed by atoms with Crippen LogP contribution in [0.2, 0.25) is 0 Å². The summed E-state index contributed by atoms with van der Waals surface area (Å²) in [6.45, 7) is 2.11. The van der Waals surface area contributed by atoms with Crippen LogP contribution in [0.3, 0.4) is 0 Å². The van der Waals surface area contributed by atoms with Crippen LogP contribution in [0, 0.1) is 0 Å². The molecule has 2 heteroatoms. The Bertz CT molecular complexity index is 103. The van der Waals surface area contributed by atoms with Crippen LogP contribution >= 0.6 is 0 Å². The predicted octanol–water partition coefficient (Wildman–Crippen LogP) is 1.26. The molecule has 0 radical (unpaired) electrons. The summed E-state index contributed by atoms with van der Waals surface area (Å²) in [6, 6.07) is 0. The molecule has 2 fully saturated rings. The van der Waals surface area contributed by atoms with E-state index >= 15 is 0 Å². The van der Waals surface area contributed by atoms with Crippen LogP contribution in [0.15, 0.2) is 0 Å². The summed E-state index contributed by atoms with van der Waals surface area (Å²) in [5, 5.41) is 0. The van der Waals surface area contributed by atoms with Crippen molar-refractivity contribution in [2.45, 2.75) is 37.9 Å². The maximum atomic E-state index is 5.04. The Labute approximate surface area is 48.7 Å². The largest absolute Gasteiger partial charge is 0.233 e. The van der Waals surface area contributed by atoms with Crippen LogP contribution in [0.1, 0.15) is 26.2 Å². The highest BCUT2D eigenvalue weighted by molar-refractivity contribution is 4.89. The van der Waals surface area contributed by atoms with Crippen molar-refractivity contribution in [1.29, 1.82) is 0 Å². The highest BCUT2D eigenvalue weighted by Crippen LogP contribution is 2.41. The van der Waals surface area contributed by atoms with Crippen LogP contribution < -0.4 is 0 Å². The first-order chi connectivity index (χ1) is 3.79. The monoisotopic (exact) mass is 114 g/mol. The minimum Gasteiger partial charge on any atom is -0.233 e. The molecule has 1 saturated carbocycles. The fourth-order valence-corrected chi connectivity index (χ4v) is 1.49. The summed E-state index contributed by atoms with van der Waals surface area (Å²) >= 11 is 0. The van der Waals surface area contributed by atoms with E-state index in [0.29, 0.717) is 6.10 Å². The van der Waals surface area contributed by atoms with Gasteiger partial charge >= 0.3 is 0 Å². The fourth-order valence-electron chi connectivity index (χ4n) is 1.49. The maximum Gasteiger partial charge on any atom is 0.103 e. The molecule has 2 unspecified atom stereocenters. The Morgan fingerprint density at radius 3 is 2.62 bits per heavy atom. The second-order valence-electron chi connectivity index (χ2n) is 2.99. The second-order valence-corrected chi connectivity index (χ2v) is 2.99. The van der Waals surface area contributed by atoms with Crippen molar-refractivity contribution in [2.24, 2.45) is 0 Å². The highest BCUT2D eigenvalue weighted by atomic mass is 17.2. The number of rotatable bonds is 0. The molecule has 8 heavy (non-hydrogen) atoms. The summed E-state index contributed by atoms with van der Waals surface area (Å²) in [4.78, 5) is 9.99. The smallest absolute Gasteiger partial charge is 0.103 e. The van der Waals surface area contributed by atoms with E-state index in [1.807, 2.05) is 0 Å². The Balaban J connectivity index is 2.19. The summed E-state index contributed by atoms with van der Waals surface area (Å²) in [5.74, 6) is 0. The molecule has 46 valence electrons. The average Bonchev–Trinajstić information content (AvgIpc) is 2.21. The van der Waals surface area contributed by atoms with Crippen molar-refractivity contribution in [3.8, 4) is 0 Å². The zero-order valence-electron chi connectivity index (χ0n) is 5.02.